The number of H-pyrrole nitrogens is 1. The van der Waals surface area contributed by atoms with Gasteiger partial charge in [-0.3, -0.25) is 37.3 Å². The number of carbonyl (C=O) groups is 4. The zero-order valence-corrected chi connectivity index (χ0v) is 45.5. The van der Waals surface area contributed by atoms with Gasteiger partial charge in [0.15, 0.2) is 47.1 Å². The van der Waals surface area contributed by atoms with Gasteiger partial charge in [-0.25, -0.2) is 38.1 Å². The maximum atomic E-state index is 16.8. The van der Waals surface area contributed by atoms with Crippen LogP contribution in [0, 0.1) is 11.7 Å². The summed E-state index contributed by atoms with van der Waals surface area (Å²) in [6.07, 6.45) is -10.2. The predicted molar refractivity (Wildman–Crippen MR) is 281 cm³/mol. The van der Waals surface area contributed by atoms with E-state index in [4.69, 9.17) is 49.8 Å². The lowest BCUT2D eigenvalue weighted by molar-refractivity contribution is -0.127. The van der Waals surface area contributed by atoms with Crippen LogP contribution in [-0.2, 0) is 71.4 Å². The highest BCUT2D eigenvalue weighted by Crippen LogP contribution is 2.58. The Balaban J connectivity index is 0.841. The van der Waals surface area contributed by atoms with Crippen LogP contribution < -0.4 is 27.2 Å². The Hall–Kier alpha value is -6.18. The Morgan fingerprint density at radius 1 is 0.962 bits per heavy atom. The molecular weight excluding hydrogens is 1120 g/mol. The molecule has 3 fully saturated rings. The standard InChI is InChI=1S/C46H52F2N12O15P2S2/c1-21(2)32(49)43(65)55-22(3)40(62)56-25-11-9-23(10-12-25)15-69-46(66)58(4)13-24-7-5-6-8-26(24)41(63)57-37-33-39(52-18-50-37)60(20-54-33)44-31(48)35-29(73-44)17-71-77(68,79)75-36-34(61)28(16-70-76(67,78)74-35)72-45(36)59-14-27(47)30-38(59)51-19-53-42(30)64/h5-12,14,18-22,28-29,31-32,34-36,44-45,61H,13,15-17,49H2,1-4H3,(H,55,65)(H,56,62)(H,67,78)(H,68,79)(H,51,53,64)(H,50,52,57,63)/t22-,28+,29+,31+,32-,34+,35+,36+,44+,45+,76?,77?/m0/s1. The highest BCUT2D eigenvalue weighted by Gasteiger charge is 2.54. The zero-order valence-electron chi connectivity index (χ0n) is 42.0. The van der Waals surface area contributed by atoms with E-state index in [2.05, 4.69) is 53.1 Å². The van der Waals surface area contributed by atoms with Gasteiger partial charge in [-0.05, 0) is 54.0 Å². The van der Waals surface area contributed by atoms with E-state index in [0.29, 0.717) is 16.8 Å². The lowest BCUT2D eigenvalue weighted by Gasteiger charge is -2.27. The predicted octanol–water partition coefficient (Wildman–Crippen LogP) is 3.72. The SMILES string of the molecule is CC(C)[C@H](N)C(=O)N[C@@H](C)C(=O)Nc1ccc(COC(=O)N(C)Cc2ccccc2C(=O)Nc2ncnc3c2ncn3[C@@H]2O[C@@H]3COP(O)(=S)O[C@@H]4[C@H](O)[C@@H](COP(=O)(S)O[C@H]3[C@H]2F)O[C@H]4n2cc(F)c3c(=O)[nH]cnc32)cc1. The fourth-order valence-electron chi connectivity index (χ4n) is 8.69. The minimum absolute atomic E-state index is 0.0221. The smallest absolute Gasteiger partial charge is 0.410 e. The number of nitrogens with zero attached hydrogens (tertiary/aromatic N) is 7. The van der Waals surface area contributed by atoms with Gasteiger partial charge in [-0.2, -0.15) is 0 Å². The summed E-state index contributed by atoms with van der Waals surface area (Å²) >= 11 is 9.35. The van der Waals surface area contributed by atoms with Crippen LogP contribution in [0.1, 0.15) is 54.7 Å². The summed E-state index contributed by atoms with van der Waals surface area (Å²) in [5.41, 5.74) is 6.36. The Bertz CT molecular complexity index is 3450. The molecule has 8 N–H and O–H groups in total. The molecule has 79 heavy (non-hydrogen) atoms. The van der Waals surface area contributed by atoms with Crippen LogP contribution in [0.5, 0.6) is 0 Å². The first-order valence-electron chi connectivity index (χ1n) is 24.1. The second-order valence-corrected chi connectivity index (χ2v) is 24.5. The number of alkyl halides is 1. The molecule has 3 saturated heterocycles. The van der Waals surface area contributed by atoms with E-state index in [0.717, 1.165) is 34.3 Å². The molecule has 12 atom stereocenters. The number of nitrogens with one attached hydrogen (secondary N) is 4. The van der Waals surface area contributed by atoms with Gasteiger partial charge in [-0.1, -0.05) is 56.4 Å². The van der Waals surface area contributed by atoms with Gasteiger partial charge >= 0.3 is 19.6 Å². The highest BCUT2D eigenvalue weighted by molar-refractivity contribution is 8.44. The number of hydrogen-bond acceptors (Lipinski definition) is 20. The Morgan fingerprint density at radius 2 is 1.68 bits per heavy atom. The van der Waals surface area contributed by atoms with Crippen molar-refractivity contribution in [2.24, 2.45) is 11.7 Å². The lowest BCUT2D eigenvalue weighted by Crippen LogP contribution is -2.50. The first-order chi connectivity index (χ1) is 37.5. The number of nitrogens with two attached hydrogens (primary N) is 1. The number of thiol groups is 1. The molecular formula is C46H52F2N12O15P2S2. The van der Waals surface area contributed by atoms with Gasteiger partial charge in [0.2, 0.25) is 11.8 Å². The Morgan fingerprint density at radius 3 is 2.43 bits per heavy atom. The average Bonchev–Trinajstić information content (AvgIpc) is 4.36. The van der Waals surface area contributed by atoms with Crippen molar-refractivity contribution in [1.29, 1.82) is 0 Å². The number of aliphatic hydroxyl groups excluding tert-OH is 1. The molecule has 27 nitrogen and oxygen atoms in total. The molecule has 0 spiro atoms. The van der Waals surface area contributed by atoms with Gasteiger partial charge in [0, 0.05) is 31.0 Å². The lowest BCUT2D eigenvalue weighted by atomic mass is 10.0. The van der Waals surface area contributed by atoms with Crippen LogP contribution in [0.2, 0.25) is 0 Å². The van der Waals surface area contributed by atoms with E-state index in [-0.39, 0.29) is 47.3 Å². The van der Waals surface area contributed by atoms with Crippen LogP contribution in [0.25, 0.3) is 22.2 Å². The van der Waals surface area contributed by atoms with Crippen molar-refractivity contribution in [3.63, 3.8) is 0 Å². The van der Waals surface area contributed by atoms with E-state index >= 15 is 8.78 Å². The molecule has 7 heterocycles. The number of rotatable bonds is 13. The topological polar surface area (TPSA) is 350 Å². The molecule has 9 rings (SSSR count). The van der Waals surface area contributed by atoms with Crippen molar-refractivity contribution in [1.82, 2.24) is 44.3 Å². The molecule has 0 saturated carbocycles. The first-order valence-corrected chi connectivity index (χ1v) is 29.4. The Kier molecular flexibility index (Phi) is 17.1. The third-order valence-electron chi connectivity index (χ3n) is 12.9. The van der Waals surface area contributed by atoms with Crippen LogP contribution >= 0.6 is 25.8 Å². The monoisotopic (exact) mass is 1180 g/mol. The quantitative estimate of drug-likeness (QED) is 0.0603. The number of hydrogen-bond donors (Lipinski definition) is 8. The molecule has 33 heteroatoms. The number of aliphatic hydroxyl groups is 1. The molecule has 3 aliphatic heterocycles. The number of fused-ring (bicyclic) bond motifs is 5. The minimum atomic E-state index is -4.60. The van der Waals surface area contributed by atoms with Crippen molar-refractivity contribution in [2.45, 2.75) is 95.2 Å². The number of imidazole rings is 1. The maximum Gasteiger partial charge on any atom is 0.410 e. The molecule has 6 aromatic rings. The molecule has 2 unspecified atom stereocenters. The molecule has 0 aliphatic carbocycles. The molecule has 0 radical (unpaired) electrons. The van der Waals surface area contributed by atoms with Gasteiger partial charge < -0.3 is 64.9 Å². The van der Waals surface area contributed by atoms with Crippen LogP contribution in [-0.4, -0.2) is 142 Å². The largest absolute Gasteiger partial charge is 0.445 e. The molecule has 4 aromatic heterocycles. The molecule has 3 aliphatic rings. The van der Waals surface area contributed by atoms with Gasteiger partial charge in [-0.15, -0.1) is 0 Å². The second-order valence-electron chi connectivity index (χ2n) is 18.8. The summed E-state index contributed by atoms with van der Waals surface area (Å²) in [6, 6.07) is 11.3. The molecule has 2 bridgehead atoms. The maximum absolute atomic E-state index is 16.8. The third kappa shape index (κ3) is 12.6. The molecule has 422 valence electrons. The molecule has 2 aromatic carbocycles. The van der Waals surface area contributed by atoms with Gasteiger partial charge in [0.25, 0.3) is 11.5 Å². The number of carbonyl (C=O) groups excluding carboxylic acids is 4. The fraction of sp³-hybridized carbons (Fsp3) is 0.413. The van der Waals surface area contributed by atoms with E-state index < -0.39 is 129 Å². The third-order valence-corrected chi connectivity index (χ3v) is 16.1. The number of aromatic amines is 1. The number of anilines is 2. The average molecular weight is 1180 g/mol. The number of ether oxygens (including phenoxy) is 3. The number of amides is 4. The van der Waals surface area contributed by atoms with E-state index in [1.54, 1.807) is 56.3 Å². The van der Waals surface area contributed by atoms with Crippen molar-refractivity contribution in [3.05, 3.63) is 107 Å². The first kappa shape index (κ1) is 57.5. The van der Waals surface area contributed by atoms with Crippen LogP contribution in [0.3, 0.4) is 0 Å². The summed E-state index contributed by atoms with van der Waals surface area (Å²) in [4.78, 5) is 96.2. The number of halogens is 2. The van der Waals surface area contributed by atoms with Crippen LogP contribution in [0.4, 0.5) is 25.1 Å². The summed E-state index contributed by atoms with van der Waals surface area (Å²) in [7, 11) is 1.48. The minimum Gasteiger partial charge on any atom is -0.445 e. The second kappa shape index (κ2) is 23.5. The highest BCUT2D eigenvalue weighted by atomic mass is 32.7. The van der Waals surface area contributed by atoms with Crippen molar-refractivity contribution in [2.75, 3.05) is 30.9 Å². The summed E-state index contributed by atoms with van der Waals surface area (Å²) in [5, 5.41) is 18.9. The van der Waals surface area contributed by atoms with Crippen molar-refractivity contribution < 1.29 is 74.8 Å². The molecule has 4 amide bonds. The van der Waals surface area contributed by atoms with E-state index in [1.165, 1.54) is 24.9 Å². The van der Waals surface area contributed by atoms with Crippen molar-refractivity contribution in [3.8, 4) is 0 Å². The van der Waals surface area contributed by atoms with E-state index in [9.17, 15) is 38.5 Å². The Labute approximate surface area is 456 Å². The summed E-state index contributed by atoms with van der Waals surface area (Å²) < 4.78 is 87.7. The normalized spacial score (nSPS) is 27.0. The van der Waals surface area contributed by atoms with Gasteiger partial charge in [0.1, 0.15) is 54.9 Å². The fourth-order valence-corrected chi connectivity index (χ4v) is 11.6. The summed E-state index contributed by atoms with van der Waals surface area (Å²) in [6.45, 7) is -5.67. The van der Waals surface area contributed by atoms with Gasteiger partial charge in [0.05, 0.1) is 31.9 Å². The number of aromatic nitrogens is 7. The van der Waals surface area contributed by atoms with E-state index in [1.807, 2.05) is 0 Å². The number of benzene rings is 2. The zero-order chi connectivity index (χ0) is 56.7. The summed E-state index contributed by atoms with van der Waals surface area (Å²) in [5.74, 6) is -2.78. The van der Waals surface area contributed by atoms with Crippen LogP contribution in [0.15, 0.2) is 78.5 Å². The van der Waals surface area contributed by atoms with Crippen molar-refractivity contribution >= 4 is 95.1 Å².